The average Bonchev–Trinajstić information content (AvgIpc) is 2.97. The number of rotatable bonds is 3. The minimum absolute atomic E-state index is 0.0421. The minimum Gasteiger partial charge on any atom is -0.338 e. The molecular weight excluding hydrogens is 242 g/mol. The van der Waals surface area contributed by atoms with Crippen molar-refractivity contribution in [3.8, 4) is 0 Å². The molecule has 0 amide bonds. The third kappa shape index (κ3) is 2.74. The van der Waals surface area contributed by atoms with Gasteiger partial charge in [0.1, 0.15) is 6.29 Å². The van der Waals surface area contributed by atoms with Crippen molar-refractivity contribution < 1.29 is 4.79 Å². The number of hydrogen-bond acceptors (Lipinski definition) is 6. The zero-order chi connectivity index (χ0) is 13.1. The Morgan fingerprint density at radius 3 is 2.58 bits per heavy atom. The van der Waals surface area contributed by atoms with Crippen LogP contribution in [-0.4, -0.2) is 66.0 Å². The lowest BCUT2D eigenvalue weighted by Gasteiger charge is -2.37. The lowest BCUT2D eigenvalue weighted by molar-refractivity contribution is -0.109. The molecule has 0 aliphatic carbocycles. The van der Waals surface area contributed by atoms with E-state index >= 15 is 0 Å². The van der Waals surface area contributed by atoms with Crippen molar-refractivity contribution in [3.63, 3.8) is 0 Å². The van der Waals surface area contributed by atoms with Gasteiger partial charge in [-0.25, -0.2) is 9.97 Å². The topological polar surface area (TPSA) is 61.4 Å². The van der Waals surface area contributed by atoms with Gasteiger partial charge in [-0.2, -0.15) is 0 Å². The monoisotopic (exact) mass is 261 g/mol. The number of nitrogens with zero attached hydrogens (tertiary/aromatic N) is 4. The summed E-state index contributed by atoms with van der Waals surface area (Å²) < 4.78 is 0. The molecular formula is C13H19N5O. The predicted molar refractivity (Wildman–Crippen MR) is 72.1 cm³/mol. The molecule has 2 atom stereocenters. The largest absolute Gasteiger partial charge is 0.338 e. The van der Waals surface area contributed by atoms with Crippen LogP contribution in [0.3, 0.4) is 0 Å². The third-order valence-electron chi connectivity index (χ3n) is 3.97. The number of carbonyl (C=O) groups is 1. The highest BCUT2D eigenvalue weighted by Gasteiger charge is 2.30. The first-order valence-electron chi connectivity index (χ1n) is 6.81. The van der Waals surface area contributed by atoms with Crippen LogP contribution in [0.5, 0.6) is 0 Å². The normalized spacial score (nSPS) is 28.5. The van der Waals surface area contributed by atoms with Gasteiger partial charge >= 0.3 is 0 Å². The van der Waals surface area contributed by atoms with Gasteiger partial charge in [-0.1, -0.05) is 0 Å². The van der Waals surface area contributed by atoms with Crippen LogP contribution in [0, 0.1) is 0 Å². The van der Waals surface area contributed by atoms with Crippen LogP contribution >= 0.6 is 0 Å². The minimum atomic E-state index is 0.0421. The summed E-state index contributed by atoms with van der Waals surface area (Å²) in [4.78, 5) is 24.0. The number of anilines is 1. The zero-order valence-electron chi connectivity index (χ0n) is 10.9. The average molecular weight is 261 g/mol. The van der Waals surface area contributed by atoms with Crippen molar-refractivity contribution in [2.45, 2.75) is 18.5 Å². The first-order valence-corrected chi connectivity index (χ1v) is 6.81. The van der Waals surface area contributed by atoms with Crippen molar-refractivity contribution in [1.82, 2.24) is 20.2 Å². The van der Waals surface area contributed by atoms with Crippen molar-refractivity contribution in [1.29, 1.82) is 0 Å². The fraction of sp³-hybridized carbons (Fsp3) is 0.615. The summed E-state index contributed by atoms with van der Waals surface area (Å²) in [5, 5.41) is 3.25. The Bertz CT molecular complexity index is 418. The van der Waals surface area contributed by atoms with E-state index in [9.17, 15) is 4.79 Å². The maximum Gasteiger partial charge on any atom is 0.225 e. The molecule has 3 heterocycles. The van der Waals surface area contributed by atoms with E-state index in [2.05, 4.69) is 25.1 Å². The highest BCUT2D eigenvalue weighted by Crippen LogP contribution is 2.16. The summed E-state index contributed by atoms with van der Waals surface area (Å²) in [5.41, 5.74) is 0. The van der Waals surface area contributed by atoms with Crippen LogP contribution in [0.15, 0.2) is 18.5 Å². The summed E-state index contributed by atoms with van der Waals surface area (Å²) in [6.45, 7) is 4.84. The van der Waals surface area contributed by atoms with E-state index in [1.165, 1.54) is 0 Å². The number of hydrogen-bond donors (Lipinski definition) is 1. The molecule has 0 aromatic carbocycles. The van der Waals surface area contributed by atoms with Gasteiger partial charge < -0.3 is 15.0 Å². The molecule has 102 valence electrons. The molecule has 0 bridgehead atoms. The molecule has 2 aliphatic heterocycles. The van der Waals surface area contributed by atoms with E-state index < -0.39 is 0 Å². The molecule has 1 aromatic heterocycles. The lowest BCUT2D eigenvalue weighted by Crippen LogP contribution is -2.51. The smallest absolute Gasteiger partial charge is 0.225 e. The van der Waals surface area contributed by atoms with Crippen LogP contribution in [-0.2, 0) is 4.79 Å². The van der Waals surface area contributed by atoms with E-state index in [-0.39, 0.29) is 6.04 Å². The number of aldehydes is 1. The Kier molecular flexibility index (Phi) is 3.70. The molecule has 0 radical (unpaired) electrons. The Balaban J connectivity index is 1.54. The van der Waals surface area contributed by atoms with Crippen LogP contribution in [0.25, 0.3) is 0 Å². The number of nitrogens with one attached hydrogen (secondary N) is 1. The van der Waals surface area contributed by atoms with Gasteiger partial charge in [0.25, 0.3) is 0 Å². The van der Waals surface area contributed by atoms with Gasteiger partial charge in [0.15, 0.2) is 0 Å². The van der Waals surface area contributed by atoms with Crippen molar-refractivity contribution in [2.24, 2.45) is 0 Å². The van der Waals surface area contributed by atoms with E-state index in [4.69, 9.17) is 0 Å². The molecule has 1 N–H and O–H groups in total. The Morgan fingerprint density at radius 1 is 1.21 bits per heavy atom. The van der Waals surface area contributed by atoms with Crippen molar-refractivity contribution in [3.05, 3.63) is 18.5 Å². The highest BCUT2D eigenvalue weighted by molar-refractivity contribution is 5.58. The van der Waals surface area contributed by atoms with Crippen molar-refractivity contribution in [2.75, 3.05) is 37.6 Å². The van der Waals surface area contributed by atoms with E-state index in [1.54, 1.807) is 12.4 Å². The molecule has 6 heteroatoms. The van der Waals surface area contributed by atoms with Gasteiger partial charge in [0, 0.05) is 51.2 Å². The maximum atomic E-state index is 10.8. The van der Waals surface area contributed by atoms with Gasteiger partial charge in [0.2, 0.25) is 5.95 Å². The molecule has 6 nitrogen and oxygen atoms in total. The second-order valence-corrected chi connectivity index (χ2v) is 5.11. The lowest BCUT2D eigenvalue weighted by atomic mass is 10.1. The second kappa shape index (κ2) is 5.63. The van der Waals surface area contributed by atoms with Gasteiger partial charge in [-0.15, -0.1) is 0 Å². The van der Waals surface area contributed by atoms with E-state index in [0.29, 0.717) is 6.04 Å². The van der Waals surface area contributed by atoms with Crippen LogP contribution in [0.2, 0.25) is 0 Å². The SMILES string of the molecule is O=C[C@@H]1C[C@H](N2CCN(c3ncccn3)CC2)CN1. The molecule has 2 aliphatic rings. The number of aromatic nitrogens is 2. The Hall–Kier alpha value is -1.53. The summed E-state index contributed by atoms with van der Waals surface area (Å²) in [7, 11) is 0. The van der Waals surface area contributed by atoms with Crippen LogP contribution in [0.1, 0.15) is 6.42 Å². The van der Waals surface area contributed by atoms with Crippen LogP contribution < -0.4 is 10.2 Å². The molecule has 2 fully saturated rings. The Labute approximate surface area is 112 Å². The molecule has 0 spiro atoms. The van der Waals surface area contributed by atoms with E-state index in [1.807, 2.05) is 6.07 Å². The summed E-state index contributed by atoms with van der Waals surface area (Å²) in [6, 6.07) is 2.37. The summed E-state index contributed by atoms with van der Waals surface area (Å²) >= 11 is 0. The van der Waals surface area contributed by atoms with E-state index in [0.717, 1.165) is 51.4 Å². The first kappa shape index (κ1) is 12.5. The van der Waals surface area contributed by atoms with Gasteiger partial charge in [0.05, 0.1) is 6.04 Å². The first-order chi connectivity index (χ1) is 9.36. The fourth-order valence-electron chi connectivity index (χ4n) is 2.87. The number of piperazine rings is 1. The fourth-order valence-corrected chi connectivity index (χ4v) is 2.87. The van der Waals surface area contributed by atoms with Crippen molar-refractivity contribution >= 4 is 12.2 Å². The molecule has 3 rings (SSSR count). The molecule has 19 heavy (non-hydrogen) atoms. The standard InChI is InChI=1S/C13H19N5O/c19-10-11-8-12(9-16-11)17-4-6-18(7-5-17)13-14-2-1-3-15-13/h1-3,10-12,16H,4-9H2/t11-,12-/m0/s1. The molecule has 0 saturated carbocycles. The molecule has 0 unspecified atom stereocenters. The van der Waals surface area contributed by atoms with Gasteiger partial charge in [-0.3, -0.25) is 4.90 Å². The second-order valence-electron chi connectivity index (χ2n) is 5.11. The zero-order valence-corrected chi connectivity index (χ0v) is 10.9. The van der Waals surface area contributed by atoms with Crippen LogP contribution in [0.4, 0.5) is 5.95 Å². The maximum absolute atomic E-state index is 10.8. The third-order valence-corrected chi connectivity index (χ3v) is 3.97. The quantitative estimate of drug-likeness (QED) is 0.742. The number of carbonyl (C=O) groups excluding carboxylic acids is 1. The molecule has 2 saturated heterocycles. The summed E-state index contributed by atoms with van der Waals surface area (Å²) in [5.74, 6) is 0.817. The highest BCUT2D eigenvalue weighted by atomic mass is 16.1. The predicted octanol–water partition coefficient (Wildman–Crippen LogP) is -0.472. The molecule has 1 aromatic rings. The summed E-state index contributed by atoms with van der Waals surface area (Å²) in [6.07, 6.45) is 5.52. The van der Waals surface area contributed by atoms with Gasteiger partial charge in [-0.05, 0) is 12.5 Å². The Morgan fingerprint density at radius 2 is 1.95 bits per heavy atom.